The van der Waals surface area contributed by atoms with Crippen LogP contribution in [0.4, 0.5) is 19.0 Å². The number of alkyl halides is 3. The average molecular weight is 440 g/mol. The molecule has 0 radical (unpaired) electrons. The van der Waals surface area contributed by atoms with E-state index in [0.717, 1.165) is 22.0 Å². The van der Waals surface area contributed by atoms with Crippen LogP contribution in [0.1, 0.15) is 19.3 Å². The van der Waals surface area contributed by atoms with Crippen LogP contribution < -0.4 is 4.90 Å². The van der Waals surface area contributed by atoms with Crippen molar-refractivity contribution in [2.45, 2.75) is 25.4 Å². The van der Waals surface area contributed by atoms with Gasteiger partial charge in [-0.25, -0.2) is 9.97 Å². The van der Waals surface area contributed by atoms with E-state index in [2.05, 4.69) is 9.97 Å². The van der Waals surface area contributed by atoms with Gasteiger partial charge in [-0.1, -0.05) is 41.4 Å². The van der Waals surface area contributed by atoms with E-state index in [-0.39, 0.29) is 0 Å². The summed E-state index contributed by atoms with van der Waals surface area (Å²) in [6.45, 7) is 0.984. The van der Waals surface area contributed by atoms with Crippen LogP contribution >= 0.6 is 23.2 Å². The minimum Gasteiger partial charge on any atom is -0.356 e. The molecule has 152 valence electrons. The van der Waals surface area contributed by atoms with Gasteiger partial charge in [0.25, 0.3) is 0 Å². The Kier molecular flexibility index (Phi) is 5.58. The number of rotatable bonds is 3. The van der Waals surface area contributed by atoms with Gasteiger partial charge in [0, 0.05) is 19.5 Å². The maximum atomic E-state index is 12.9. The molecule has 0 bridgehead atoms. The Morgan fingerprint density at radius 1 is 1.07 bits per heavy atom. The zero-order valence-electron chi connectivity index (χ0n) is 15.4. The van der Waals surface area contributed by atoms with Crippen molar-refractivity contribution in [2.75, 3.05) is 18.0 Å². The van der Waals surface area contributed by atoms with E-state index in [1.54, 1.807) is 12.1 Å². The first kappa shape index (κ1) is 20.2. The van der Waals surface area contributed by atoms with Crippen LogP contribution in [0.5, 0.6) is 0 Å². The van der Waals surface area contributed by atoms with Crippen molar-refractivity contribution in [2.24, 2.45) is 5.92 Å². The van der Waals surface area contributed by atoms with E-state index in [9.17, 15) is 13.2 Å². The van der Waals surface area contributed by atoms with Crippen LogP contribution in [0.25, 0.3) is 22.0 Å². The molecule has 1 aliphatic heterocycles. The molecule has 1 fully saturated rings. The lowest BCUT2D eigenvalue weighted by Crippen LogP contribution is -2.37. The molecule has 8 heteroatoms. The monoisotopic (exact) mass is 439 g/mol. The Balaban J connectivity index is 1.78. The number of hydrogen-bond donors (Lipinski definition) is 0. The molecule has 3 nitrogen and oxygen atoms in total. The van der Waals surface area contributed by atoms with Gasteiger partial charge in [-0.15, -0.1) is 0 Å². The molecule has 1 unspecified atom stereocenters. The third kappa shape index (κ3) is 4.43. The van der Waals surface area contributed by atoms with E-state index < -0.39 is 18.5 Å². The highest BCUT2D eigenvalue weighted by Crippen LogP contribution is 2.38. The SMILES string of the molecule is FC(F)(F)CC1CCCN(c2ncnc3cccc(-c4ccc(Cl)c(Cl)c4)c23)C1. The van der Waals surface area contributed by atoms with Crippen molar-refractivity contribution in [3.05, 3.63) is 52.8 Å². The zero-order chi connectivity index (χ0) is 20.6. The van der Waals surface area contributed by atoms with Gasteiger partial charge in [-0.05, 0) is 48.1 Å². The summed E-state index contributed by atoms with van der Waals surface area (Å²) in [5.74, 6) is 0.217. The highest BCUT2D eigenvalue weighted by Gasteiger charge is 2.34. The summed E-state index contributed by atoms with van der Waals surface area (Å²) in [6, 6.07) is 11.1. The number of aromatic nitrogens is 2. The molecule has 0 spiro atoms. The van der Waals surface area contributed by atoms with Crippen LogP contribution in [-0.4, -0.2) is 29.2 Å². The van der Waals surface area contributed by atoms with E-state index in [1.807, 2.05) is 29.2 Å². The standard InChI is InChI=1S/C21H18Cl2F3N3/c22-16-7-6-14(9-17(16)23)15-4-1-5-18-19(15)20(28-12-27-18)29-8-2-3-13(11-29)10-21(24,25)26/h1,4-7,9,12-13H,2-3,8,10-11H2. The topological polar surface area (TPSA) is 29.0 Å². The molecule has 3 aromatic rings. The van der Waals surface area contributed by atoms with Gasteiger partial charge in [-0.2, -0.15) is 13.2 Å². The molecule has 0 amide bonds. The number of fused-ring (bicyclic) bond motifs is 1. The molecule has 0 N–H and O–H groups in total. The maximum absolute atomic E-state index is 12.9. The van der Waals surface area contributed by atoms with Crippen molar-refractivity contribution >= 4 is 39.9 Å². The highest BCUT2D eigenvalue weighted by molar-refractivity contribution is 6.42. The first-order valence-electron chi connectivity index (χ1n) is 9.32. The molecule has 4 rings (SSSR count). The van der Waals surface area contributed by atoms with Gasteiger partial charge in [0.2, 0.25) is 0 Å². The summed E-state index contributed by atoms with van der Waals surface area (Å²) in [7, 11) is 0. The van der Waals surface area contributed by atoms with Crippen LogP contribution in [0.2, 0.25) is 10.0 Å². The van der Waals surface area contributed by atoms with Crippen LogP contribution in [-0.2, 0) is 0 Å². The quantitative estimate of drug-likeness (QED) is 0.450. The minimum absolute atomic E-state index is 0.321. The Bertz CT molecular complexity index is 1030. The second-order valence-corrected chi connectivity index (χ2v) is 8.11. The van der Waals surface area contributed by atoms with E-state index in [0.29, 0.717) is 41.8 Å². The van der Waals surface area contributed by atoms with Gasteiger partial charge in [0.05, 0.1) is 20.9 Å². The number of anilines is 1. The summed E-state index contributed by atoms with van der Waals surface area (Å²) >= 11 is 12.3. The second kappa shape index (κ2) is 8.00. The van der Waals surface area contributed by atoms with Gasteiger partial charge in [0.15, 0.2) is 0 Å². The third-order valence-corrected chi connectivity index (χ3v) is 5.95. The van der Waals surface area contributed by atoms with E-state index in [1.165, 1.54) is 6.33 Å². The predicted molar refractivity (Wildman–Crippen MR) is 111 cm³/mol. The molecular formula is C21H18Cl2F3N3. The molecule has 2 heterocycles. The molecule has 29 heavy (non-hydrogen) atoms. The summed E-state index contributed by atoms with van der Waals surface area (Å²) < 4.78 is 38.7. The number of nitrogens with zero attached hydrogens (tertiary/aromatic N) is 3. The normalized spacial score (nSPS) is 17.7. The maximum Gasteiger partial charge on any atom is 0.389 e. The van der Waals surface area contributed by atoms with Gasteiger partial charge >= 0.3 is 6.18 Å². The molecule has 0 saturated carbocycles. The largest absolute Gasteiger partial charge is 0.389 e. The van der Waals surface area contributed by atoms with Crippen molar-refractivity contribution in [1.29, 1.82) is 0 Å². The fourth-order valence-electron chi connectivity index (χ4n) is 3.99. The van der Waals surface area contributed by atoms with Gasteiger partial charge in [0.1, 0.15) is 12.1 Å². The third-order valence-electron chi connectivity index (χ3n) is 5.21. The lowest BCUT2D eigenvalue weighted by atomic mass is 9.93. The van der Waals surface area contributed by atoms with Crippen molar-refractivity contribution in [3.63, 3.8) is 0 Å². The van der Waals surface area contributed by atoms with Crippen molar-refractivity contribution < 1.29 is 13.2 Å². The number of benzene rings is 2. The zero-order valence-corrected chi connectivity index (χ0v) is 16.9. The molecule has 1 aliphatic rings. The fourth-order valence-corrected chi connectivity index (χ4v) is 4.29. The molecule has 1 atom stereocenters. The van der Waals surface area contributed by atoms with Crippen molar-refractivity contribution in [1.82, 2.24) is 9.97 Å². The summed E-state index contributed by atoms with van der Waals surface area (Å²) in [6.07, 6.45) is -2.21. The number of hydrogen-bond acceptors (Lipinski definition) is 3. The minimum atomic E-state index is -4.16. The smallest absolute Gasteiger partial charge is 0.356 e. The predicted octanol–water partition coefficient (Wildman–Crippen LogP) is 6.77. The molecular weight excluding hydrogens is 422 g/mol. The lowest BCUT2D eigenvalue weighted by molar-refractivity contribution is -0.144. The molecule has 1 aromatic heterocycles. The van der Waals surface area contributed by atoms with E-state index >= 15 is 0 Å². The first-order chi connectivity index (χ1) is 13.8. The highest BCUT2D eigenvalue weighted by atomic mass is 35.5. The summed E-state index contributed by atoms with van der Waals surface area (Å²) in [4.78, 5) is 10.8. The fraction of sp³-hybridized carbons (Fsp3) is 0.333. The summed E-state index contributed by atoms with van der Waals surface area (Å²) in [5, 5.41) is 1.70. The number of piperidine rings is 1. The number of halogens is 5. The average Bonchev–Trinajstić information content (AvgIpc) is 2.68. The van der Waals surface area contributed by atoms with Gasteiger partial charge < -0.3 is 4.90 Å². The van der Waals surface area contributed by atoms with Crippen LogP contribution in [0.3, 0.4) is 0 Å². The van der Waals surface area contributed by atoms with Gasteiger partial charge in [-0.3, -0.25) is 0 Å². The Morgan fingerprint density at radius 3 is 2.66 bits per heavy atom. The van der Waals surface area contributed by atoms with Crippen LogP contribution in [0, 0.1) is 5.92 Å². The second-order valence-electron chi connectivity index (χ2n) is 7.30. The first-order valence-corrected chi connectivity index (χ1v) is 10.1. The van der Waals surface area contributed by atoms with Crippen LogP contribution in [0.15, 0.2) is 42.7 Å². The van der Waals surface area contributed by atoms with E-state index in [4.69, 9.17) is 23.2 Å². The molecule has 1 saturated heterocycles. The molecule has 0 aliphatic carbocycles. The molecule has 2 aromatic carbocycles. The lowest BCUT2D eigenvalue weighted by Gasteiger charge is -2.34. The Morgan fingerprint density at radius 2 is 1.90 bits per heavy atom. The summed E-state index contributed by atoms with van der Waals surface area (Å²) in [5.41, 5.74) is 2.45. The van der Waals surface area contributed by atoms with Crippen molar-refractivity contribution in [3.8, 4) is 11.1 Å². The Hall–Kier alpha value is -2.05. The Labute approximate surface area is 176 Å².